The fourth-order valence-corrected chi connectivity index (χ4v) is 3.19. The van der Waals surface area contributed by atoms with Crippen LogP contribution in [0.5, 0.6) is 0 Å². The first kappa shape index (κ1) is 28.3. The fourth-order valence-electron chi connectivity index (χ4n) is 3.19. The number of nitriles is 1. The van der Waals surface area contributed by atoms with Crippen molar-refractivity contribution in [3.63, 3.8) is 0 Å². The highest BCUT2D eigenvalue weighted by Gasteiger charge is 2.39. The van der Waals surface area contributed by atoms with Crippen LogP contribution in [0, 0.1) is 17.1 Å². The van der Waals surface area contributed by atoms with Crippen molar-refractivity contribution in [3.05, 3.63) is 35.1 Å². The quantitative estimate of drug-likeness (QED) is 0.571. The molecular weight excluding hydrogens is 471 g/mol. The lowest BCUT2D eigenvalue weighted by molar-refractivity contribution is -0.136. The summed E-state index contributed by atoms with van der Waals surface area (Å²) in [6.07, 6.45) is -2.59. The highest BCUT2D eigenvalue weighted by Crippen LogP contribution is 2.36. The SMILES string of the molecule is CC(C)n1nc(-c2ccc(CC(=O)O)cc2F)c(C#N)c1N(C(=O)OC(C)(C)C)C(=O)OC(C)(C)C. The number of amides is 2. The number of imide groups is 1. The van der Waals surface area contributed by atoms with Gasteiger partial charge >= 0.3 is 18.2 Å². The minimum absolute atomic E-state index is 0.102. The van der Waals surface area contributed by atoms with E-state index in [-0.39, 0.29) is 34.6 Å². The van der Waals surface area contributed by atoms with Gasteiger partial charge in [-0.25, -0.2) is 18.7 Å². The maximum atomic E-state index is 15.1. The maximum absolute atomic E-state index is 15.1. The number of aromatic nitrogens is 2. The molecule has 1 aromatic heterocycles. The number of hydrogen-bond donors (Lipinski definition) is 1. The molecule has 1 N–H and O–H groups in total. The molecule has 1 heterocycles. The largest absolute Gasteiger partial charge is 0.481 e. The Kier molecular flexibility index (Phi) is 8.14. The number of nitrogens with zero attached hydrogens (tertiary/aromatic N) is 4. The molecule has 0 atom stereocenters. The number of halogens is 1. The summed E-state index contributed by atoms with van der Waals surface area (Å²) >= 11 is 0. The molecule has 10 nitrogen and oxygen atoms in total. The number of aliphatic carboxylic acids is 1. The standard InChI is InChI=1S/C25H31FN4O6/c1-14(2)30-21(29(22(33)35-24(3,4)5)23(34)36-25(6,7)8)17(13-27)20(28-30)16-10-9-15(11-18(16)26)12-19(31)32/h9-11,14H,12H2,1-8H3,(H,31,32). The predicted octanol–water partition coefficient (Wildman–Crippen LogP) is 5.45. The summed E-state index contributed by atoms with van der Waals surface area (Å²) in [7, 11) is 0. The van der Waals surface area contributed by atoms with Crippen LogP contribution in [0.15, 0.2) is 18.2 Å². The van der Waals surface area contributed by atoms with Crippen LogP contribution >= 0.6 is 0 Å². The van der Waals surface area contributed by atoms with E-state index in [1.54, 1.807) is 55.4 Å². The predicted molar refractivity (Wildman–Crippen MR) is 129 cm³/mol. The van der Waals surface area contributed by atoms with Crippen LogP contribution in [0.1, 0.15) is 72.6 Å². The molecule has 11 heteroatoms. The van der Waals surface area contributed by atoms with E-state index in [9.17, 15) is 19.6 Å². The van der Waals surface area contributed by atoms with E-state index in [0.717, 1.165) is 6.07 Å². The van der Waals surface area contributed by atoms with E-state index < -0.39 is 41.2 Å². The van der Waals surface area contributed by atoms with Crippen LogP contribution in [-0.4, -0.2) is 44.2 Å². The maximum Gasteiger partial charge on any atom is 0.425 e. The number of carbonyl (C=O) groups excluding carboxylic acids is 2. The second kappa shape index (κ2) is 10.4. The number of carboxylic acid groups (broad SMARTS) is 1. The minimum Gasteiger partial charge on any atom is -0.481 e. The molecule has 0 aliphatic heterocycles. The highest BCUT2D eigenvalue weighted by atomic mass is 19.1. The Hall–Kier alpha value is -3.94. The Morgan fingerprint density at radius 1 is 1.11 bits per heavy atom. The summed E-state index contributed by atoms with van der Waals surface area (Å²) in [5.74, 6) is -2.18. The van der Waals surface area contributed by atoms with Crippen molar-refractivity contribution in [2.45, 2.75) is 79.1 Å². The van der Waals surface area contributed by atoms with Gasteiger partial charge in [-0.3, -0.25) is 4.79 Å². The van der Waals surface area contributed by atoms with Gasteiger partial charge in [0.1, 0.15) is 34.3 Å². The zero-order valence-corrected chi connectivity index (χ0v) is 21.7. The third-order valence-electron chi connectivity index (χ3n) is 4.49. The van der Waals surface area contributed by atoms with Gasteiger partial charge < -0.3 is 14.6 Å². The molecule has 0 saturated carbocycles. The van der Waals surface area contributed by atoms with Crippen molar-refractivity contribution >= 4 is 24.0 Å². The normalized spacial score (nSPS) is 11.7. The van der Waals surface area contributed by atoms with Crippen molar-refractivity contribution in [1.82, 2.24) is 9.78 Å². The molecule has 0 fully saturated rings. The van der Waals surface area contributed by atoms with Crippen LogP contribution in [0.2, 0.25) is 0 Å². The molecule has 1 aromatic carbocycles. The first-order valence-corrected chi connectivity index (χ1v) is 11.2. The summed E-state index contributed by atoms with van der Waals surface area (Å²) in [6, 6.07) is 5.20. The zero-order chi connectivity index (χ0) is 27.6. The number of rotatable bonds is 5. The molecule has 0 radical (unpaired) electrons. The van der Waals surface area contributed by atoms with Gasteiger partial charge in [-0.1, -0.05) is 6.07 Å². The van der Waals surface area contributed by atoms with Crippen molar-refractivity contribution < 1.29 is 33.4 Å². The first-order chi connectivity index (χ1) is 16.4. The molecule has 2 amide bonds. The van der Waals surface area contributed by atoms with Gasteiger partial charge in [0.2, 0.25) is 0 Å². The lowest BCUT2D eigenvalue weighted by atomic mass is 10.0. The van der Waals surface area contributed by atoms with Crippen molar-refractivity contribution in [1.29, 1.82) is 5.26 Å². The first-order valence-electron chi connectivity index (χ1n) is 11.2. The van der Waals surface area contributed by atoms with Gasteiger partial charge in [0.15, 0.2) is 5.82 Å². The van der Waals surface area contributed by atoms with Crippen LogP contribution < -0.4 is 4.90 Å². The molecule has 0 aliphatic rings. The lowest BCUT2D eigenvalue weighted by Crippen LogP contribution is -2.45. The summed E-state index contributed by atoms with van der Waals surface area (Å²) in [6.45, 7) is 13.1. The summed E-state index contributed by atoms with van der Waals surface area (Å²) in [4.78, 5) is 38.0. The number of hydrogen-bond acceptors (Lipinski definition) is 7. The summed E-state index contributed by atoms with van der Waals surface area (Å²) < 4.78 is 27.1. The molecule has 194 valence electrons. The van der Waals surface area contributed by atoms with Gasteiger partial charge in [-0.2, -0.15) is 15.3 Å². The van der Waals surface area contributed by atoms with Crippen LogP contribution in [0.4, 0.5) is 19.8 Å². The summed E-state index contributed by atoms with van der Waals surface area (Å²) in [5.41, 5.74) is -2.24. The Labute approximate surface area is 209 Å². The van der Waals surface area contributed by atoms with E-state index >= 15 is 4.39 Å². The van der Waals surface area contributed by atoms with Gasteiger partial charge in [0, 0.05) is 11.6 Å². The zero-order valence-electron chi connectivity index (χ0n) is 21.7. The van der Waals surface area contributed by atoms with Crippen molar-refractivity contribution in [2.75, 3.05) is 4.90 Å². The Morgan fingerprint density at radius 3 is 2.03 bits per heavy atom. The summed E-state index contributed by atoms with van der Waals surface area (Å²) in [5, 5.41) is 23.4. The van der Waals surface area contributed by atoms with E-state index in [4.69, 9.17) is 14.6 Å². The lowest BCUT2D eigenvalue weighted by Gasteiger charge is -2.29. The smallest absolute Gasteiger partial charge is 0.425 e. The topological polar surface area (TPSA) is 135 Å². The third kappa shape index (κ3) is 6.81. The molecule has 2 rings (SSSR count). The van der Waals surface area contributed by atoms with E-state index in [0.29, 0.717) is 4.90 Å². The molecule has 0 spiro atoms. The third-order valence-corrected chi connectivity index (χ3v) is 4.49. The van der Waals surface area contributed by atoms with Gasteiger partial charge in [0.05, 0.1) is 6.42 Å². The average Bonchev–Trinajstić information content (AvgIpc) is 3.04. The molecule has 0 aliphatic carbocycles. The van der Waals surface area contributed by atoms with Crippen LogP contribution in [0.3, 0.4) is 0 Å². The van der Waals surface area contributed by atoms with E-state index in [1.165, 1.54) is 16.8 Å². The number of carboxylic acids is 1. The number of anilines is 1. The Balaban J connectivity index is 2.80. The van der Waals surface area contributed by atoms with Crippen LogP contribution in [0.25, 0.3) is 11.3 Å². The average molecular weight is 503 g/mol. The molecule has 0 unspecified atom stereocenters. The molecular formula is C25H31FN4O6. The second-order valence-electron chi connectivity index (χ2n) is 10.4. The van der Waals surface area contributed by atoms with Crippen LogP contribution in [-0.2, 0) is 20.7 Å². The number of ether oxygens (including phenoxy) is 2. The highest BCUT2D eigenvalue weighted by molar-refractivity contribution is 6.10. The fraction of sp³-hybridized carbons (Fsp3) is 0.480. The molecule has 36 heavy (non-hydrogen) atoms. The van der Waals surface area contributed by atoms with Crippen molar-refractivity contribution in [3.8, 4) is 17.3 Å². The van der Waals surface area contributed by atoms with E-state index in [1.807, 2.05) is 6.07 Å². The monoisotopic (exact) mass is 502 g/mol. The van der Waals surface area contributed by atoms with Gasteiger partial charge in [-0.05, 0) is 73.1 Å². The minimum atomic E-state index is -1.13. The van der Waals surface area contributed by atoms with E-state index in [2.05, 4.69) is 5.10 Å². The molecule has 2 aromatic rings. The van der Waals surface area contributed by atoms with Gasteiger partial charge in [0.25, 0.3) is 0 Å². The van der Waals surface area contributed by atoms with Gasteiger partial charge in [-0.15, -0.1) is 0 Å². The van der Waals surface area contributed by atoms with Crippen molar-refractivity contribution in [2.24, 2.45) is 0 Å². The Bertz CT molecular complexity index is 1190. The number of carbonyl (C=O) groups is 3. The Morgan fingerprint density at radius 2 is 1.64 bits per heavy atom. The molecule has 0 bridgehead atoms. The second-order valence-corrected chi connectivity index (χ2v) is 10.4. The molecule has 0 saturated heterocycles. The number of benzene rings is 1.